The molecule has 0 fully saturated rings. The van der Waals surface area contributed by atoms with Crippen molar-refractivity contribution in [3.05, 3.63) is 29.3 Å². The third-order valence-corrected chi connectivity index (χ3v) is 2.22. The van der Waals surface area contributed by atoms with Crippen LogP contribution < -0.4 is 0 Å². The second kappa shape index (κ2) is 5.08. The highest BCUT2D eigenvalue weighted by molar-refractivity contribution is 6.30. The fraction of sp³-hybridized carbons (Fsp3) is 0.273. The number of halogens is 1. The molecule has 0 saturated heterocycles. The normalized spacial score (nSPS) is 12.3. The summed E-state index contributed by atoms with van der Waals surface area (Å²) in [5.74, 6) is 0. The molecule has 1 aromatic carbocycles. The van der Waals surface area contributed by atoms with E-state index in [1.807, 2.05) is 6.07 Å². The number of nitrogens with zero attached hydrogens (tertiary/aromatic N) is 2. The van der Waals surface area contributed by atoms with E-state index in [0.717, 1.165) is 0 Å². The van der Waals surface area contributed by atoms with E-state index < -0.39 is 5.60 Å². The molecule has 0 spiro atoms. The lowest BCUT2D eigenvalue weighted by molar-refractivity contribution is -0.289. The Kier molecular flexibility index (Phi) is 4.02. The van der Waals surface area contributed by atoms with E-state index >= 15 is 0 Å². The van der Waals surface area contributed by atoms with Gasteiger partial charge in [-0.05, 0) is 38.1 Å². The van der Waals surface area contributed by atoms with Crippen molar-refractivity contribution in [2.45, 2.75) is 19.4 Å². The van der Waals surface area contributed by atoms with Gasteiger partial charge < -0.3 is 0 Å². The SMILES string of the molecule is CC(C)(OO)C(C#N)=Nc1ccc(Cl)cc1. The number of benzene rings is 1. The quantitative estimate of drug-likeness (QED) is 0.500. The van der Waals surface area contributed by atoms with Crippen LogP contribution >= 0.6 is 11.6 Å². The van der Waals surface area contributed by atoms with Crippen LogP contribution in [0.2, 0.25) is 5.02 Å². The van der Waals surface area contributed by atoms with Crippen molar-refractivity contribution < 1.29 is 10.1 Å². The third-order valence-electron chi connectivity index (χ3n) is 1.97. The van der Waals surface area contributed by atoms with Crippen LogP contribution in [0.4, 0.5) is 5.69 Å². The molecule has 0 heterocycles. The first kappa shape index (κ1) is 12.7. The highest BCUT2D eigenvalue weighted by atomic mass is 35.5. The maximum absolute atomic E-state index is 8.91. The van der Waals surface area contributed by atoms with Gasteiger partial charge in [0.25, 0.3) is 0 Å². The molecule has 0 aromatic heterocycles. The molecule has 0 amide bonds. The summed E-state index contributed by atoms with van der Waals surface area (Å²) in [6, 6.07) is 8.57. The van der Waals surface area contributed by atoms with Gasteiger partial charge in [-0.25, -0.2) is 9.88 Å². The summed E-state index contributed by atoms with van der Waals surface area (Å²) in [4.78, 5) is 8.28. The molecule has 0 radical (unpaired) electrons. The van der Waals surface area contributed by atoms with Crippen LogP contribution in [0.3, 0.4) is 0 Å². The molecule has 4 nitrogen and oxygen atoms in total. The van der Waals surface area contributed by atoms with Crippen LogP contribution in [0.1, 0.15) is 13.8 Å². The van der Waals surface area contributed by atoms with E-state index in [9.17, 15) is 0 Å². The van der Waals surface area contributed by atoms with E-state index in [-0.39, 0.29) is 5.71 Å². The zero-order chi connectivity index (χ0) is 12.2. The molecular weight excluding hydrogens is 228 g/mol. The molecule has 1 N–H and O–H groups in total. The minimum atomic E-state index is -1.13. The molecule has 84 valence electrons. The molecule has 16 heavy (non-hydrogen) atoms. The summed E-state index contributed by atoms with van der Waals surface area (Å²) in [7, 11) is 0. The van der Waals surface area contributed by atoms with E-state index in [1.165, 1.54) is 0 Å². The first-order valence-corrected chi connectivity index (χ1v) is 4.95. The van der Waals surface area contributed by atoms with E-state index in [1.54, 1.807) is 38.1 Å². The number of hydrogen-bond acceptors (Lipinski definition) is 4. The smallest absolute Gasteiger partial charge is 0.152 e. The molecule has 0 aliphatic heterocycles. The van der Waals surface area contributed by atoms with Crippen LogP contribution in [0.5, 0.6) is 0 Å². The zero-order valence-electron chi connectivity index (χ0n) is 8.94. The van der Waals surface area contributed by atoms with E-state index in [0.29, 0.717) is 10.7 Å². The molecule has 0 saturated carbocycles. The van der Waals surface area contributed by atoms with Crippen molar-refractivity contribution in [1.82, 2.24) is 0 Å². The molecule has 5 heteroatoms. The minimum Gasteiger partial charge on any atom is -0.251 e. The van der Waals surface area contributed by atoms with E-state index in [2.05, 4.69) is 9.88 Å². The number of aliphatic imine (C=N–C) groups is 1. The van der Waals surface area contributed by atoms with Crippen molar-refractivity contribution in [3.8, 4) is 6.07 Å². The maximum atomic E-state index is 8.91. The molecule has 0 atom stereocenters. The monoisotopic (exact) mass is 238 g/mol. The van der Waals surface area contributed by atoms with Gasteiger partial charge in [-0.3, -0.25) is 5.26 Å². The second-order valence-electron chi connectivity index (χ2n) is 3.65. The average Bonchev–Trinajstić information content (AvgIpc) is 2.28. The van der Waals surface area contributed by atoms with Crippen molar-refractivity contribution >= 4 is 23.0 Å². The predicted octanol–water partition coefficient (Wildman–Crippen LogP) is 3.20. The Morgan fingerprint density at radius 2 is 2.00 bits per heavy atom. The van der Waals surface area contributed by atoms with Gasteiger partial charge in [-0.1, -0.05) is 11.6 Å². The molecule has 0 aliphatic rings. The summed E-state index contributed by atoms with van der Waals surface area (Å²) < 4.78 is 0. The lowest BCUT2D eigenvalue weighted by atomic mass is 10.0. The molecule has 1 rings (SSSR count). The third kappa shape index (κ3) is 3.04. The van der Waals surface area contributed by atoms with E-state index in [4.69, 9.17) is 22.1 Å². The van der Waals surface area contributed by atoms with Crippen LogP contribution in [0.15, 0.2) is 29.3 Å². The summed E-state index contributed by atoms with van der Waals surface area (Å²) in [6.07, 6.45) is 0. The summed E-state index contributed by atoms with van der Waals surface area (Å²) >= 11 is 5.72. The Hall–Kier alpha value is -1.41. The summed E-state index contributed by atoms with van der Waals surface area (Å²) in [5.41, 5.74) is -0.475. The number of nitriles is 1. The number of hydrogen-bond donors (Lipinski definition) is 1. The Balaban J connectivity index is 3.07. The Morgan fingerprint density at radius 3 is 2.44 bits per heavy atom. The Morgan fingerprint density at radius 1 is 1.44 bits per heavy atom. The topological polar surface area (TPSA) is 65.6 Å². The highest BCUT2D eigenvalue weighted by Crippen LogP contribution is 2.19. The Bertz CT molecular complexity index is 432. The largest absolute Gasteiger partial charge is 0.251 e. The maximum Gasteiger partial charge on any atom is 0.152 e. The predicted molar refractivity (Wildman–Crippen MR) is 62.0 cm³/mol. The Labute approximate surface area is 98.7 Å². The van der Waals surface area contributed by atoms with Gasteiger partial charge >= 0.3 is 0 Å². The second-order valence-corrected chi connectivity index (χ2v) is 4.09. The standard InChI is InChI=1S/C11H11ClN2O2/c1-11(2,16-15)10(7-13)14-9-5-3-8(12)4-6-9/h3-6,15H,1-2H3. The lowest BCUT2D eigenvalue weighted by Crippen LogP contribution is -2.32. The van der Waals surface area contributed by atoms with Crippen molar-refractivity contribution in [3.63, 3.8) is 0 Å². The van der Waals surface area contributed by atoms with Crippen molar-refractivity contribution in [1.29, 1.82) is 5.26 Å². The molecular formula is C11H11ClN2O2. The summed E-state index contributed by atoms with van der Waals surface area (Å²) in [5, 5.41) is 18.2. The average molecular weight is 239 g/mol. The van der Waals surface area contributed by atoms with Crippen molar-refractivity contribution in [2.75, 3.05) is 0 Å². The fourth-order valence-corrected chi connectivity index (χ4v) is 1.11. The molecule has 0 unspecified atom stereocenters. The van der Waals surface area contributed by atoms with Gasteiger partial charge in [0.2, 0.25) is 0 Å². The number of rotatable bonds is 3. The van der Waals surface area contributed by atoms with Gasteiger partial charge in [0, 0.05) is 5.02 Å². The van der Waals surface area contributed by atoms with Gasteiger partial charge in [0.05, 0.1) is 5.69 Å². The fourth-order valence-electron chi connectivity index (χ4n) is 0.982. The van der Waals surface area contributed by atoms with Crippen LogP contribution in [0.25, 0.3) is 0 Å². The van der Waals surface area contributed by atoms with Crippen molar-refractivity contribution in [2.24, 2.45) is 4.99 Å². The van der Waals surface area contributed by atoms with Gasteiger partial charge in [0.15, 0.2) is 5.71 Å². The molecule has 0 bridgehead atoms. The van der Waals surface area contributed by atoms with Gasteiger partial charge in [-0.2, -0.15) is 5.26 Å². The lowest BCUT2D eigenvalue weighted by Gasteiger charge is -2.17. The van der Waals surface area contributed by atoms with Gasteiger partial charge in [0.1, 0.15) is 11.7 Å². The molecule has 1 aromatic rings. The van der Waals surface area contributed by atoms with Crippen LogP contribution in [0, 0.1) is 11.3 Å². The van der Waals surface area contributed by atoms with Crippen LogP contribution in [-0.4, -0.2) is 16.6 Å². The zero-order valence-corrected chi connectivity index (χ0v) is 9.69. The van der Waals surface area contributed by atoms with Crippen LogP contribution in [-0.2, 0) is 4.89 Å². The minimum absolute atomic E-state index is 0.0809. The highest BCUT2D eigenvalue weighted by Gasteiger charge is 2.26. The first-order valence-electron chi connectivity index (χ1n) is 4.57. The first-order chi connectivity index (χ1) is 7.49. The summed E-state index contributed by atoms with van der Waals surface area (Å²) in [6.45, 7) is 3.09. The molecule has 0 aliphatic carbocycles. The van der Waals surface area contributed by atoms with Gasteiger partial charge in [-0.15, -0.1) is 0 Å².